The zero-order valence-electron chi connectivity index (χ0n) is 10.0. The van der Waals surface area contributed by atoms with Gasteiger partial charge in [0.1, 0.15) is 6.54 Å². The molecule has 1 heterocycles. The van der Waals surface area contributed by atoms with E-state index in [9.17, 15) is 18.0 Å². The van der Waals surface area contributed by atoms with Crippen LogP contribution in [0.15, 0.2) is 17.5 Å². The standard InChI is InChI=1S/C11H15F3N2OS/c1-7(2)9(8-4-3-5-18-8)16-10(17)15-6-11(12,13)14/h3-5,7,9H,6H2,1-2H3,(H2,15,16,17). The highest BCUT2D eigenvalue weighted by atomic mass is 32.1. The average Bonchev–Trinajstić information content (AvgIpc) is 2.74. The zero-order valence-corrected chi connectivity index (χ0v) is 10.9. The van der Waals surface area contributed by atoms with E-state index in [2.05, 4.69) is 5.32 Å². The Hall–Kier alpha value is -1.24. The van der Waals surface area contributed by atoms with Gasteiger partial charge in [0.05, 0.1) is 6.04 Å². The highest BCUT2D eigenvalue weighted by Gasteiger charge is 2.28. The third-order valence-corrected chi connectivity index (χ3v) is 3.21. The fourth-order valence-electron chi connectivity index (χ4n) is 1.41. The lowest BCUT2D eigenvalue weighted by atomic mass is 10.0. The lowest BCUT2D eigenvalue weighted by molar-refractivity contribution is -0.122. The molecule has 1 rings (SSSR count). The van der Waals surface area contributed by atoms with Crippen LogP contribution in [0.2, 0.25) is 0 Å². The van der Waals surface area contributed by atoms with Gasteiger partial charge in [0, 0.05) is 4.88 Å². The summed E-state index contributed by atoms with van der Waals surface area (Å²) in [5, 5.41) is 6.21. The monoisotopic (exact) mass is 280 g/mol. The maximum atomic E-state index is 11.9. The maximum absolute atomic E-state index is 11.9. The molecule has 0 radical (unpaired) electrons. The highest BCUT2D eigenvalue weighted by molar-refractivity contribution is 7.10. The molecule has 0 aliphatic carbocycles. The van der Waals surface area contributed by atoms with Gasteiger partial charge in [-0.3, -0.25) is 0 Å². The fourth-order valence-corrected chi connectivity index (χ4v) is 2.36. The molecule has 0 saturated carbocycles. The molecule has 0 bridgehead atoms. The van der Waals surface area contributed by atoms with Crippen molar-refractivity contribution in [2.24, 2.45) is 5.92 Å². The van der Waals surface area contributed by atoms with Gasteiger partial charge in [-0.2, -0.15) is 13.2 Å². The lowest BCUT2D eigenvalue weighted by Crippen LogP contribution is -2.43. The van der Waals surface area contributed by atoms with E-state index in [-0.39, 0.29) is 12.0 Å². The van der Waals surface area contributed by atoms with Crippen molar-refractivity contribution in [2.75, 3.05) is 6.54 Å². The van der Waals surface area contributed by atoms with Gasteiger partial charge in [0.25, 0.3) is 0 Å². The number of urea groups is 1. The van der Waals surface area contributed by atoms with Crippen LogP contribution in [0.3, 0.4) is 0 Å². The summed E-state index contributed by atoms with van der Waals surface area (Å²) >= 11 is 1.46. The van der Waals surface area contributed by atoms with Crippen LogP contribution in [0.5, 0.6) is 0 Å². The van der Waals surface area contributed by atoms with Crippen LogP contribution in [0.4, 0.5) is 18.0 Å². The minimum absolute atomic E-state index is 0.0975. The lowest BCUT2D eigenvalue weighted by Gasteiger charge is -2.21. The Morgan fingerprint density at radius 1 is 1.44 bits per heavy atom. The van der Waals surface area contributed by atoms with Gasteiger partial charge in [-0.15, -0.1) is 11.3 Å². The number of carbonyl (C=O) groups is 1. The van der Waals surface area contributed by atoms with E-state index >= 15 is 0 Å². The second-order valence-electron chi connectivity index (χ2n) is 4.18. The molecule has 3 nitrogen and oxygen atoms in total. The van der Waals surface area contributed by atoms with Crippen LogP contribution >= 0.6 is 11.3 Å². The van der Waals surface area contributed by atoms with Crippen molar-refractivity contribution in [1.29, 1.82) is 0 Å². The largest absolute Gasteiger partial charge is 0.405 e. The first-order valence-electron chi connectivity index (χ1n) is 5.44. The van der Waals surface area contributed by atoms with Crippen LogP contribution in [-0.2, 0) is 0 Å². The summed E-state index contributed by atoms with van der Waals surface area (Å²) in [6.07, 6.45) is -4.40. The van der Waals surface area contributed by atoms with E-state index in [1.54, 1.807) is 5.32 Å². The molecule has 1 atom stereocenters. The predicted octanol–water partition coefficient (Wildman–Crippen LogP) is 3.31. The van der Waals surface area contributed by atoms with E-state index in [1.807, 2.05) is 31.4 Å². The molecule has 2 N–H and O–H groups in total. The normalized spacial score (nSPS) is 13.4. The van der Waals surface area contributed by atoms with Crippen molar-refractivity contribution in [3.8, 4) is 0 Å². The summed E-state index contributed by atoms with van der Waals surface area (Å²) in [5.41, 5.74) is 0. The third kappa shape index (κ3) is 4.95. The van der Waals surface area contributed by atoms with Crippen LogP contribution in [0.25, 0.3) is 0 Å². The summed E-state index contributed by atoms with van der Waals surface area (Å²) in [4.78, 5) is 12.3. The first-order valence-corrected chi connectivity index (χ1v) is 6.32. The summed E-state index contributed by atoms with van der Waals surface area (Å²) < 4.78 is 35.8. The van der Waals surface area contributed by atoms with Crippen molar-refractivity contribution in [2.45, 2.75) is 26.1 Å². The number of hydrogen-bond donors (Lipinski definition) is 2. The number of carbonyl (C=O) groups excluding carboxylic acids is 1. The molecule has 1 aromatic heterocycles. The first kappa shape index (κ1) is 14.8. The SMILES string of the molecule is CC(C)C(NC(=O)NCC(F)(F)F)c1cccs1. The molecule has 0 fully saturated rings. The number of thiophene rings is 1. The van der Waals surface area contributed by atoms with Crippen LogP contribution in [0, 0.1) is 5.92 Å². The number of hydrogen-bond acceptors (Lipinski definition) is 2. The minimum atomic E-state index is -4.40. The average molecular weight is 280 g/mol. The molecule has 0 aliphatic heterocycles. The zero-order chi connectivity index (χ0) is 13.8. The molecule has 2 amide bonds. The number of alkyl halides is 3. The molecule has 1 aromatic rings. The van der Waals surface area contributed by atoms with E-state index in [1.165, 1.54) is 11.3 Å². The molecular formula is C11H15F3N2OS. The Kier molecular flexibility index (Phi) is 5.01. The molecular weight excluding hydrogens is 265 g/mol. The van der Waals surface area contributed by atoms with Crippen molar-refractivity contribution in [1.82, 2.24) is 10.6 Å². The van der Waals surface area contributed by atoms with Gasteiger partial charge in [0.2, 0.25) is 0 Å². The molecule has 102 valence electrons. The molecule has 18 heavy (non-hydrogen) atoms. The van der Waals surface area contributed by atoms with E-state index < -0.39 is 18.8 Å². The van der Waals surface area contributed by atoms with Gasteiger partial charge >= 0.3 is 12.2 Å². The summed E-state index contributed by atoms with van der Waals surface area (Å²) in [6.45, 7) is 2.47. The Balaban J connectivity index is 2.55. The molecule has 0 aliphatic rings. The Morgan fingerprint density at radius 3 is 2.56 bits per heavy atom. The molecule has 0 spiro atoms. The number of halogens is 3. The van der Waals surface area contributed by atoms with Gasteiger partial charge in [-0.25, -0.2) is 4.79 Å². The van der Waals surface area contributed by atoms with E-state index in [0.29, 0.717) is 0 Å². The summed E-state index contributed by atoms with van der Waals surface area (Å²) in [5.74, 6) is 0.0975. The Bertz CT molecular complexity index is 376. The predicted molar refractivity (Wildman–Crippen MR) is 64.5 cm³/mol. The smallest absolute Gasteiger partial charge is 0.330 e. The molecule has 0 aromatic carbocycles. The van der Waals surface area contributed by atoms with Crippen molar-refractivity contribution in [3.05, 3.63) is 22.4 Å². The van der Waals surface area contributed by atoms with Crippen molar-refractivity contribution < 1.29 is 18.0 Å². The van der Waals surface area contributed by atoms with E-state index in [4.69, 9.17) is 0 Å². The highest BCUT2D eigenvalue weighted by Crippen LogP contribution is 2.25. The first-order chi connectivity index (χ1) is 8.29. The van der Waals surface area contributed by atoms with Gasteiger partial charge in [0.15, 0.2) is 0 Å². The topological polar surface area (TPSA) is 41.1 Å². The van der Waals surface area contributed by atoms with Gasteiger partial charge < -0.3 is 10.6 Å². The van der Waals surface area contributed by atoms with Gasteiger partial charge in [-0.1, -0.05) is 19.9 Å². The number of amides is 2. The quantitative estimate of drug-likeness (QED) is 0.873. The second-order valence-corrected chi connectivity index (χ2v) is 5.16. The van der Waals surface area contributed by atoms with Crippen LogP contribution in [-0.4, -0.2) is 18.8 Å². The van der Waals surface area contributed by atoms with Crippen molar-refractivity contribution in [3.63, 3.8) is 0 Å². The summed E-state index contributed by atoms with van der Waals surface area (Å²) in [6, 6.07) is 2.60. The molecule has 7 heteroatoms. The fraction of sp³-hybridized carbons (Fsp3) is 0.545. The molecule has 0 saturated heterocycles. The van der Waals surface area contributed by atoms with Crippen LogP contribution < -0.4 is 10.6 Å². The maximum Gasteiger partial charge on any atom is 0.405 e. The van der Waals surface area contributed by atoms with Crippen molar-refractivity contribution >= 4 is 17.4 Å². The second kappa shape index (κ2) is 6.08. The minimum Gasteiger partial charge on any atom is -0.330 e. The number of nitrogens with one attached hydrogen (secondary N) is 2. The summed E-state index contributed by atoms with van der Waals surface area (Å²) in [7, 11) is 0. The number of rotatable bonds is 4. The van der Waals surface area contributed by atoms with Crippen LogP contribution in [0.1, 0.15) is 24.8 Å². The molecule has 1 unspecified atom stereocenters. The van der Waals surface area contributed by atoms with Gasteiger partial charge in [-0.05, 0) is 17.4 Å². The third-order valence-electron chi connectivity index (χ3n) is 2.25. The Labute approximate surface area is 107 Å². The Morgan fingerprint density at radius 2 is 2.11 bits per heavy atom. The van der Waals surface area contributed by atoms with E-state index in [0.717, 1.165) is 4.88 Å².